The number of carbonyl (C=O) groups excluding carboxylic acids is 2. The van der Waals surface area contributed by atoms with E-state index in [4.69, 9.17) is 10.8 Å². The fraction of sp³-hybridized carbons (Fsp3) is 0.600. The highest BCUT2D eigenvalue weighted by molar-refractivity contribution is 5.88. The standard InChI is InChI=1S/C5H9NO4/c1-3(7)5(9)10-4(8)2-6/h3,7H,2,6H2,1H3. The first-order valence-electron chi connectivity index (χ1n) is 2.70. The van der Waals surface area contributed by atoms with E-state index in [0.717, 1.165) is 0 Å². The first kappa shape index (κ1) is 9.06. The highest BCUT2D eigenvalue weighted by Gasteiger charge is 2.13. The van der Waals surface area contributed by atoms with E-state index in [-0.39, 0.29) is 6.54 Å². The van der Waals surface area contributed by atoms with Crippen molar-refractivity contribution in [3.05, 3.63) is 0 Å². The van der Waals surface area contributed by atoms with E-state index in [9.17, 15) is 9.59 Å². The van der Waals surface area contributed by atoms with Gasteiger partial charge in [-0.05, 0) is 6.92 Å². The van der Waals surface area contributed by atoms with E-state index < -0.39 is 18.0 Å². The first-order valence-corrected chi connectivity index (χ1v) is 2.70. The summed E-state index contributed by atoms with van der Waals surface area (Å²) in [4.78, 5) is 20.6. The van der Waals surface area contributed by atoms with E-state index >= 15 is 0 Å². The number of hydrogen-bond acceptors (Lipinski definition) is 5. The normalized spacial score (nSPS) is 12.3. The number of hydrogen-bond donors (Lipinski definition) is 2. The number of ether oxygens (including phenoxy) is 1. The minimum absolute atomic E-state index is 0.363. The smallest absolute Gasteiger partial charge is 0.342 e. The Balaban J connectivity index is 3.69. The zero-order chi connectivity index (χ0) is 8.15. The number of esters is 2. The lowest BCUT2D eigenvalue weighted by atomic mass is 10.4. The van der Waals surface area contributed by atoms with Gasteiger partial charge in [0.1, 0.15) is 6.10 Å². The average Bonchev–Trinajstić information content (AvgIpc) is 1.87. The van der Waals surface area contributed by atoms with Gasteiger partial charge in [0.2, 0.25) is 0 Å². The molecule has 0 aliphatic rings. The molecule has 0 spiro atoms. The van der Waals surface area contributed by atoms with Crippen molar-refractivity contribution in [1.82, 2.24) is 0 Å². The fourth-order valence-corrected chi connectivity index (χ4v) is 0.239. The van der Waals surface area contributed by atoms with Gasteiger partial charge in [-0.3, -0.25) is 4.79 Å². The van der Waals surface area contributed by atoms with Crippen LogP contribution in [-0.4, -0.2) is 29.7 Å². The number of aliphatic hydroxyl groups excluding tert-OH is 1. The van der Waals surface area contributed by atoms with Crippen LogP contribution in [0.1, 0.15) is 6.92 Å². The Bertz CT molecular complexity index is 143. The second-order valence-electron chi connectivity index (χ2n) is 1.67. The van der Waals surface area contributed by atoms with E-state index in [1.165, 1.54) is 6.92 Å². The highest BCUT2D eigenvalue weighted by atomic mass is 16.6. The van der Waals surface area contributed by atoms with Gasteiger partial charge in [-0.25, -0.2) is 4.79 Å². The lowest BCUT2D eigenvalue weighted by Crippen LogP contribution is -2.26. The molecule has 5 nitrogen and oxygen atoms in total. The monoisotopic (exact) mass is 147 g/mol. The van der Waals surface area contributed by atoms with E-state index in [1.54, 1.807) is 0 Å². The second kappa shape index (κ2) is 3.97. The summed E-state index contributed by atoms with van der Waals surface area (Å²) in [6, 6.07) is 0. The molecular formula is C5H9NO4. The minimum Gasteiger partial charge on any atom is -0.390 e. The fourth-order valence-electron chi connectivity index (χ4n) is 0.239. The Kier molecular flexibility index (Phi) is 3.60. The summed E-state index contributed by atoms with van der Waals surface area (Å²) in [6.07, 6.45) is -1.28. The van der Waals surface area contributed by atoms with Crippen molar-refractivity contribution < 1.29 is 19.4 Å². The van der Waals surface area contributed by atoms with Gasteiger partial charge in [0.25, 0.3) is 0 Å². The maximum absolute atomic E-state index is 10.4. The molecule has 0 heterocycles. The molecule has 10 heavy (non-hydrogen) atoms. The number of carbonyl (C=O) groups is 2. The van der Waals surface area contributed by atoms with Crippen LogP contribution in [-0.2, 0) is 14.3 Å². The van der Waals surface area contributed by atoms with Gasteiger partial charge >= 0.3 is 11.9 Å². The SMILES string of the molecule is CC(O)C(=O)OC(=O)CN. The van der Waals surface area contributed by atoms with Gasteiger partial charge < -0.3 is 15.6 Å². The zero-order valence-corrected chi connectivity index (χ0v) is 5.53. The number of rotatable bonds is 2. The molecule has 0 aromatic heterocycles. The molecule has 0 rings (SSSR count). The Morgan fingerprint density at radius 2 is 2.20 bits per heavy atom. The largest absolute Gasteiger partial charge is 0.390 e. The van der Waals surface area contributed by atoms with Gasteiger partial charge in [-0.15, -0.1) is 0 Å². The zero-order valence-electron chi connectivity index (χ0n) is 5.53. The summed E-state index contributed by atoms with van der Waals surface area (Å²) in [7, 11) is 0. The highest BCUT2D eigenvalue weighted by Crippen LogP contribution is 1.85. The van der Waals surface area contributed by atoms with Crippen molar-refractivity contribution in [2.45, 2.75) is 13.0 Å². The molecule has 0 aliphatic carbocycles. The Hall–Kier alpha value is -0.940. The summed E-state index contributed by atoms with van der Waals surface area (Å²) < 4.78 is 4.01. The van der Waals surface area contributed by atoms with Crippen molar-refractivity contribution in [1.29, 1.82) is 0 Å². The predicted octanol–water partition coefficient (Wildman–Crippen LogP) is -1.60. The van der Waals surface area contributed by atoms with Crippen LogP contribution in [0.5, 0.6) is 0 Å². The second-order valence-corrected chi connectivity index (χ2v) is 1.67. The van der Waals surface area contributed by atoms with Crippen LogP contribution in [0, 0.1) is 0 Å². The van der Waals surface area contributed by atoms with E-state index in [2.05, 4.69) is 4.74 Å². The lowest BCUT2D eigenvalue weighted by molar-refractivity contribution is -0.164. The summed E-state index contributed by atoms with van der Waals surface area (Å²) in [5.41, 5.74) is 4.81. The van der Waals surface area contributed by atoms with Gasteiger partial charge in [0.15, 0.2) is 0 Å². The summed E-state index contributed by atoms with van der Waals surface area (Å²) in [5, 5.41) is 8.50. The van der Waals surface area contributed by atoms with E-state index in [0.29, 0.717) is 0 Å². The first-order chi connectivity index (χ1) is 4.57. The van der Waals surface area contributed by atoms with Crippen molar-refractivity contribution in [3.8, 4) is 0 Å². The Morgan fingerprint density at radius 1 is 1.70 bits per heavy atom. The third kappa shape index (κ3) is 3.16. The molecule has 0 aromatic carbocycles. The number of nitrogens with two attached hydrogens (primary N) is 1. The van der Waals surface area contributed by atoms with E-state index in [1.807, 2.05) is 0 Å². The molecule has 58 valence electrons. The minimum atomic E-state index is -1.28. The van der Waals surface area contributed by atoms with Crippen LogP contribution in [0.3, 0.4) is 0 Å². The molecule has 0 aliphatic heterocycles. The summed E-state index contributed by atoms with van der Waals surface area (Å²) in [5.74, 6) is -1.82. The van der Waals surface area contributed by atoms with Gasteiger partial charge in [0.05, 0.1) is 6.54 Å². The molecule has 0 saturated heterocycles. The molecule has 5 heteroatoms. The van der Waals surface area contributed by atoms with Crippen molar-refractivity contribution >= 4 is 11.9 Å². The maximum atomic E-state index is 10.4. The lowest BCUT2D eigenvalue weighted by Gasteiger charge is -2.01. The van der Waals surface area contributed by atoms with Crippen molar-refractivity contribution in [3.63, 3.8) is 0 Å². The summed E-state index contributed by atoms with van der Waals surface area (Å²) in [6.45, 7) is 0.838. The molecule has 0 amide bonds. The van der Waals surface area contributed by atoms with Gasteiger partial charge in [-0.2, -0.15) is 0 Å². The average molecular weight is 147 g/mol. The molecule has 3 N–H and O–H groups in total. The Morgan fingerprint density at radius 3 is 2.50 bits per heavy atom. The molecule has 1 unspecified atom stereocenters. The van der Waals surface area contributed by atoms with Crippen LogP contribution < -0.4 is 5.73 Å². The Labute approximate surface area is 57.8 Å². The van der Waals surface area contributed by atoms with Gasteiger partial charge in [-0.1, -0.05) is 0 Å². The molecule has 0 aromatic rings. The van der Waals surface area contributed by atoms with Gasteiger partial charge in [0, 0.05) is 0 Å². The van der Waals surface area contributed by atoms with Crippen LogP contribution >= 0.6 is 0 Å². The third-order valence-electron chi connectivity index (χ3n) is 0.722. The molecule has 0 fully saturated rings. The van der Waals surface area contributed by atoms with Crippen LogP contribution in [0.4, 0.5) is 0 Å². The van der Waals surface area contributed by atoms with Crippen LogP contribution in [0.2, 0.25) is 0 Å². The summed E-state index contributed by atoms with van der Waals surface area (Å²) >= 11 is 0. The molecule has 0 saturated carbocycles. The maximum Gasteiger partial charge on any atom is 0.342 e. The molecule has 0 radical (unpaired) electrons. The third-order valence-corrected chi connectivity index (χ3v) is 0.722. The number of aliphatic hydroxyl groups is 1. The van der Waals surface area contributed by atoms with Crippen molar-refractivity contribution in [2.75, 3.05) is 6.54 Å². The topological polar surface area (TPSA) is 89.6 Å². The van der Waals surface area contributed by atoms with Crippen LogP contribution in [0.25, 0.3) is 0 Å². The molecule has 1 atom stereocenters. The quantitative estimate of drug-likeness (QED) is 0.362. The van der Waals surface area contributed by atoms with Crippen LogP contribution in [0.15, 0.2) is 0 Å². The predicted molar refractivity (Wildman–Crippen MR) is 31.8 cm³/mol. The molecule has 0 bridgehead atoms. The van der Waals surface area contributed by atoms with Crippen molar-refractivity contribution in [2.24, 2.45) is 5.73 Å². The molecular weight excluding hydrogens is 138 g/mol.